The number of ether oxygens (including phenoxy) is 1. The fourth-order valence-corrected chi connectivity index (χ4v) is 3.13. The average Bonchev–Trinajstić information content (AvgIpc) is 2.90. The van der Waals surface area contributed by atoms with E-state index in [-0.39, 0.29) is 6.61 Å². The van der Waals surface area contributed by atoms with Crippen molar-refractivity contribution < 1.29 is 9.84 Å². The van der Waals surface area contributed by atoms with Gasteiger partial charge in [-0.1, -0.05) is 32.4 Å². The van der Waals surface area contributed by atoms with Crippen molar-refractivity contribution in [1.82, 2.24) is 4.98 Å². The van der Waals surface area contributed by atoms with E-state index in [1.807, 2.05) is 12.1 Å². The lowest BCUT2D eigenvalue weighted by molar-refractivity contribution is 0.284. The monoisotopic (exact) mass is 305 g/mol. The normalized spacial score (nSPS) is 10.8. The Hall–Kier alpha value is -1.39. The van der Waals surface area contributed by atoms with Crippen LogP contribution in [0.3, 0.4) is 0 Å². The molecule has 2 rings (SSSR count). The van der Waals surface area contributed by atoms with Crippen LogP contribution in [-0.2, 0) is 25.9 Å². The highest BCUT2D eigenvalue weighted by molar-refractivity contribution is 7.11. The first-order chi connectivity index (χ1) is 10.3. The molecule has 0 fully saturated rings. The summed E-state index contributed by atoms with van der Waals surface area (Å²) < 4.78 is 5.76. The van der Waals surface area contributed by atoms with Gasteiger partial charge in [0.2, 0.25) is 0 Å². The molecule has 0 unspecified atom stereocenters. The number of aliphatic hydroxyl groups excluding tert-OH is 1. The Morgan fingerprint density at radius 2 is 1.90 bits per heavy atom. The van der Waals surface area contributed by atoms with Crippen molar-refractivity contribution in [2.75, 3.05) is 6.61 Å². The van der Waals surface area contributed by atoms with E-state index in [9.17, 15) is 5.11 Å². The van der Waals surface area contributed by atoms with Crippen LogP contribution in [0.25, 0.3) is 0 Å². The first kappa shape index (κ1) is 16.0. The molecule has 0 amide bonds. The fourth-order valence-electron chi connectivity index (χ4n) is 2.18. The lowest BCUT2D eigenvalue weighted by Crippen LogP contribution is -2.01. The maximum absolute atomic E-state index is 9.35. The lowest BCUT2D eigenvalue weighted by Gasteiger charge is -2.05. The molecule has 0 aliphatic heterocycles. The molecule has 1 aromatic carbocycles. The van der Waals surface area contributed by atoms with Gasteiger partial charge in [0.25, 0.3) is 0 Å². The highest BCUT2D eigenvalue weighted by atomic mass is 32.1. The van der Waals surface area contributed by atoms with Gasteiger partial charge < -0.3 is 9.84 Å². The molecule has 0 radical (unpaired) electrons. The number of rotatable bonds is 8. The Kier molecular flexibility index (Phi) is 6.21. The molecule has 4 heteroatoms. The zero-order chi connectivity index (χ0) is 15.1. The molecule has 3 nitrogen and oxygen atoms in total. The molecule has 0 bridgehead atoms. The van der Waals surface area contributed by atoms with Crippen molar-refractivity contribution in [3.63, 3.8) is 0 Å². The topological polar surface area (TPSA) is 42.4 Å². The lowest BCUT2D eigenvalue weighted by atomic mass is 10.2. The van der Waals surface area contributed by atoms with E-state index in [0.29, 0.717) is 6.61 Å². The molecule has 0 aliphatic rings. The van der Waals surface area contributed by atoms with Gasteiger partial charge in [-0.15, -0.1) is 11.3 Å². The number of nitrogens with zero attached hydrogens (tertiary/aromatic N) is 1. The minimum atomic E-state index is 0.0896. The predicted octanol–water partition coefficient (Wildman–Crippen LogP) is 3.77. The van der Waals surface area contributed by atoms with Crippen LogP contribution in [0.5, 0.6) is 5.75 Å². The molecular weight excluding hydrogens is 282 g/mol. The molecule has 0 saturated carbocycles. The Morgan fingerprint density at radius 3 is 2.52 bits per heavy atom. The molecule has 1 N–H and O–H groups in total. The van der Waals surface area contributed by atoms with Gasteiger partial charge >= 0.3 is 0 Å². The van der Waals surface area contributed by atoms with Crippen molar-refractivity contribution in [2.45, 2.75) is 46.1 Å². The smallest absolute Gasteiger partial charge is 0.119 e. The van der Waals surface area contributed by atoms with Crippen LogP contribution in [0.15, 0.2) is 24.3 Å². The molecule has 21 heavy (non-hydrogen) atoms. The van der Waals surface area contributed by atoms with Gasteiger partial charge in [-0.2, -0.15) is 0 Å². The van der Waals surface area contributed by atoms with Crippen molar-refractivity contribution in [3.05, 3.63) is 45.4 Å². The second kappa shape index (κ2) is 8.15. The summed E-state index contributed by atoms with van der Waals surface area (Å²) in [6.45, 7) is 4.98. The molecule has 0 aliphatic carbocycles. The zero-order valence-corrected chi connectivity index (χ0v) is 13.6. The third kappa shape index (κ3) is 4.55. The van der Waals surface area contributed by atoms with Crippen LogP contribution < -0.4 is 4.74 Å². The Morgan fingerprint density at radius 1 is 1.14 bits per heavy atom. The van der Waals surface area contributed by atoms with Crippen molar-refractivity contribution in [1.29, 1.82) is 0 Å². The van der Waals surface area contributed by atoms with E-state index in [0.717, 1.165) is 47.0 Å². The third-order valence-corrected chi connectivity index (χ3v) is 4.51. The first-order valence-corrected chi connectivity index (χ1v) is 8.38. The van der Waals surface area contributed by atoms with E-state index in [2.05, 4.69) is 31.0 Å². The minimum absolute atomic E-state index is 0.0896. The Labute approximate surface area is 130 Å². The zero-order valence-electron chi connectivity index (χ0n) is 12.8. The van der Waals surface area contributed by atoms with E-state index < -0.39 is 0 Å². The van der Waals surface area contributed by atoms with Crippen molar-refractivity contribution in [3.8, 4) is 5.75 Å². The number of aromatic nitrogens is 1. The Bertz CT molecular complexity index is 548. The van der Waals surface area contributed by atoms with Gasteiger partial charge in [-0.3, -0.25) is 0 Å². The third-order valence-electron chi connectivity index (χ3n) is 3.37. The Balaban J connectivity index is 1.87. The maximum atomic E-state index is 9.35. The predicted molar refractivity (Wildman–Crippen MR) is 87.1 cm³/mol. The van der Waals surface area contributed by atoms with E-state index in [1.54, 1.807) is 11.3 Å². The standard InChI is InChI=1S/C17H23NO2S/c1-3-5-15-16(12-19)21-17(18-15)10-11-20-14-8-6-13(4-2)7-9-14/h6-9,19H,3-5,10-12H2,1-2H3. The van der Waals surface area contributed by atoms with Gasteiger partial charge in [0.1, 0.15) is 5.75 Å². The summed E-state index contributed by atoms with van der Waals surface area (Å²) in [5.41, 5.74) is 2.37. The quantitative estimate of drug-likeness (QED) is 0.807. The summed E-state index contributed by atoms with van der Waals surface area (Å²) in [4.78, 5) is 5.61. The highest BCUT2D eigenvalue weighted by Gasteiger charge is 2.09. The number of aryl methyl sites for hydroxylation is 2. The van der Waals surface area contributed by atoms with Crippen LogP contribution in [0.2, 0.25) is 0 Å². The average molecular weight is 305 g/mol. The summed E-state index contributed by atoms with van der Waals surface area (Å²) in [5.74, 6) is 0.903. The van der Waals surface area contributed by atoms with Gasteiger partial charge in [-0.05, 0) is 30.5 Å². The number of benzene rings is 1. The van der Waals surface area contributed by atoms with Gasteiger partial charge in [0.05, 0.1) is 28.8 Å². The first-order valence-electron chi connectivity index (χ1n) is 7.56. The molecule has 2 aromatic rings. The van der Waals surface area contributed by atoms with Crippen LogP contribution >= 0.6 is 11.3 Å². The summed E-state index contributed by atoms with van der Waals surface area (Å²) in [5, 5.41) is 10.4. The van der Waals surface area contributed by atoms with E-state index in [4.69, 9.17) is 4.74 Å². The summed E-state index contributed by atoms with van der Waals surface area (Å²) in [7, 11) is 0. The SMILES string of the molecule is CCCc1nc(CCOc2ccc(CC)cc2)sc1CO. The fraction of sp³-hybridized carbons (Fsp3) is 0.471. The van der Waals surface area contributed by atoms with Gasteiger partial charge in [0, 0.05) is 6.42 Å². The van der Waals surface area contributed by atoms with Gasteiger partial charge in [0.15, 0.2) is 0 Å². The molecule has 1 heterocycles. The highest BCUT2D eigenvalue weighted by Crippen LogP contribution is 2.21. The molecular formula is C17H23NO2S. The molecule has 1 aromatic heterocycles. The van der Waals surface area contributed by atoms with Crippen LogP contribution in [-0.4, -0.2) is 16.7 Å². The van der Waals surface area contributed by atoms with Crippen LogP contribution in [0.4, 0.5) is 0 Å². The minimum Gasteiger partial charge on any atom is -0.493 e. The molecule has 0 atom stereocenters. The maximum Gasteiger partial charge on any atom is 0.119 e. The van der Waals surface area contributed by atoms with E-state index in [1.165, 1.54) is 5.56 Å². The van der Waals surface area contributed by atoms with Gasteiger partial charge in [-0.25, -0.2) is 4.98 Å². The van der Waals surface area contributed by atoms with Crippen molar-refractivity contribution in [2.24, 2.45) is 0 Å². The van der Waals surface area contributed by atoms with E-state index >= 15 is 0 Å². The largest absolute Gasteiger partial charge is 0.493 e. The number of hydrogen-bond donors (Lipinski definition) is 1. The molecule has 0 saturated heterocycles. The number of aliphatic hydroxyl groups is 1. The summed E-state index contributed by atoms with van der Waals surface area (Å²) in [6, 6.07) is 8.23. The summed E-state index contributed by atoms with van der Waals surface area (Å²) in [6.07, 6.45) is 3.82. The molecule has 114 valence electrons. The second-order valence-electron chi connectivity index (χ2n) is 4.98. The number of hydrogen-bond acceptors (Lipinski definition) is 4. The van der Waals surface area contributed by atoms with Crippen LogP contribution in [0, 0.1) is 0 Å². The number of thiazole rings is 1. The van der Waals surface area contributed by atoms with Crippen LogP contribution in [0.1, 0.15) is 41.4 Å². The summed E-state index contributed by atoms with van der Waals surface area (Å²) >= 11 is 1.60. The second-order valence-corrected chi connectivity index (χ2v) is 6.15. The van der Waals surface area contributed by atoms with Crippen molar-refractivity contribution >= 4 is 11.3 Å². The molecule has 0 spiro atoms.